The second kappa shape index (κ2) is 8.21. The van der Waals surface area contributed by atoms with Gasteiger partial charge in [0.2, 0.25) is 0 Å². The lowest BCUT2D eigenvalue weighted by Gasteiger charge is -2.11. The van der Waals surface area contributed by atoms with Crippen molar-refractivity contribution in [3.05, 3.63) is 100 Å². The minimum atomic E-state index is -3.90. The fraction of sp³-hybridized carbons (Fsp3) is 0. The molecule has 0 saturated carbocycles. The van der Waals surface area contributed by atoms with Gasteiger partial charge in [0.05, 0.1) is 21.2 Å². The molecule has 0 aliphatic carbocycles. The average molecular weight is 455 g/mol. The molecule has 0 bridgehead atoms. The minimum Gasteiger partial charge on any atom is -0.258 e. The van der Waals surface area contributed by atoms with Gasteiger partial charge in [0.15, 0.2) is 0 Å². The zero-order chi connectivity index (χ0) is 22.0. The van der Waals surface area contributed by atoms with Gasteiger partial charge in [-0.05, 0) is 42.5 Å². The summed E-state index contributed by atoms with van der Waals surface area (Å²) in [5.41, 5.74) is 2.14. The van der Waals surface area contributed by atoms with Crippen molar-refractivity contribution in [1.29, 1.82) is 0 Å². The first-order valence-electron chi connectivity index (χ1n) is 9.02. The van der Waals surface area contributed by atoms with E-state index in [1.54, 1.807) is 60.7 Å². The molecule has 0 radical (unpaired) electrons. The SMILES string of the molecule is O=[N+]([O-])c1ccc(-c2cc(-c3ccc(Cl)cc3)n(NS(=O)(=O)c3ccccc3)n2)cc1. The number of nitro benzene ring substituents is 1. The summed E-state index contributed by atoms with van der Waals surface area (Å²) < 4.78 is 25.7. The molecule has 0 aliphatic rings. The summed E-state index contributed by atoms with van der Waals surface area (Å²) >= 11 is 5.98. The lowest BCUT2D eigenvalue weighted by atomic mass is 10.1. The maximum Gasteiger partial charge on any atom is 0.276 e. The van der Waals surface area contributed by atoms with E-state index in [0.29, 0.717) is 27.5 Å². The Labute approximate surface area is 182 Å². The van der Waals surface area contributed by atoms with Gasteiger partial charge in [-0.1, -0.05) is 41.9 Å². The molecule has 1 heterocycles. The first-order chi connectivity index (χ1) is 14.8. The summed E-state index contributed by atoms with van der Waals surface area (Å²) in [7, 11) is -3.90. The molecule has 0 spiro atoms. The number of hydrogen-bond acceptors (Lipinski definition) is 5. The van der Waals surface area contributed by atoms with Crippen LogP contribution in [-0.2, 0) is 10.0 Å². The predicted molar refractivity (Wildman–Crippen MR) is 118 cm³/mol. The highest BCUT2D eigenvalue weighted by atomic mass is 35.5. The molecule has 31 heavy (non-hydrogen) atoms. The van der Waals surface area contributed by atoms with Crippen molar-refractivity contribution in [3.8, 4) is 22.5 Å². The predicted octanol–water partition coefficient (Wildman–Crippen LogP) is 4.71. The number of nitro groups is 1. The van der Waals surface area contributed by atoms with E-state index >= 15 is 0 Å². The molecule has 0 fully saturated rings. The van der Waals surface area contributed by atoms with Gasteiger partial charge < -0.3 is 0 Å². The van der Waals surface area contributed by atoms with Crippen LogP contribution in [0.2, 0.25) is 5.02 Å². The highest BCUT2D eigenvalue weighted by molar-refractivity contribution is 7.92. The number of aromatic nitrogens is 2. The Hall–Kier alpha value is -3.69. The monoisotopic (exact) mass is 454 g/mol. The van der Waals surface area contributed by atoms with Crippen molar-refractivity contribution in [2.24, 2.45) is 0 Å². The molecule has 4 aromatic rings. The van der Waals surface area contributed by atoms with Crippen LogP contribution in [0.15, 0.2) is 89.8 Å². The van der Waals surface area contributed by atoms with Crippen molar-refractivity contribution >= 4 is 27.3 Å². The second-order valence-electron chi connectivity index (χ2n) is 6.55. The molecule has 4 rings (SSSR count). The number of rotatable bonds is 6. The Bertz CT molecular complexity index is 1340. The highest BCUT2D eigenvalue weighted by Gasteiger charge is 2.19. The Morgan fingerprint density at radius 1 is 0.903 bits per heavy atom. The fourth-order valence-electron chi connectivity index (χ4n) is 2.94. The Balaban J connectivity index is 1.79. The van der Waals surface area contributed by atoms with Gasteiger partial charge in [-0.2, -0.15) is 23.1 Å². The van der Waals surface area contributed by atoms with Crippen LogP contribution in [0.1, 0.15) is 0 Å². The van der Waals surface area contributed by atoms with E-state index in [4.69, 9.17) is 11.6 Å². The fourth-order valence-corrected chi connectivity index (χ4v) is 4.05. The van der Waals surface area contributed by atoms with Crippen LogP contribution in [0.25, 0.3) is 22.5 Å². The third kappa shape index (κ3) is 4.42. The molecule has 0 amide bonds. The lowest BCUT2D eigenvalue weighted by molar-refractivity contribution is -0.384. The van der Waals surface area contributed by atoms with Crippen LogP contribution < -0.4 is 4.83 Å². The molecule has 156 valence electrons. The number of nitrogens with one attached hydrogen (secondary N) is 1. The van der Waals surface area contributed by atoms with E-state index in [2.05, 4.69) is 9.93 Å². The van der Waals surface area contributed by atoms with Gasteiger partial charge in [-0.15, -0.1) is 0 Å². The Morgan fingerprint density at radius 3 is 2.13 bits per heavy atom. The molecule has 0 saturated heterocycles. The summed E-state index contributed by atoms with van der Waals surface area (Å²) in [6.45, 7) is 0. The van der Waals surface area contributed by atoms with Crippen LogP contribution in [0.4, 0.5) is 5.69 Å². The standard InChI is InChI=1S/C21H15ClN4O4S/c22-17-10-6-16(7-11-17)21-14-20(15-8-12-18(13-9-15)26(27)28)23-25(21)24-31(29,30)19-4-2-1-3-5-19/h1-14,24H. The van der Waals surface area contributed by atoms with Gasteiger partial charge in [-0.3, -0.25) is 10.1 Å². The minimum absolute atomic E-state index is 0.0501. The molecular formula is C21H15ClN4O4S. The van der Waals surface area contributed by atoms with E-state index < -0.39 is 14.9 Å². The smallest absolute Gasteiger partial charge is 0.258 e. The normalized spacial score (nSPS) is 11.3. The quantitative estimate of drug-likeness (QED) is 0.335. The van der Waals surface area contributed by atoms with Crippen LogP contribution in [0.3, 0.4) is 0 Å². The number of hydrogen-bond donors (Lipinski definition) is 1. The maximum atomic E-state index is 12.8. The lowest BCUT2D eigenvalue weighted by Crippen LogP contribution is -2.25. The Morgan fingerprint density at radius 2 is 1.52 bits per heavy atom. The maximum absolute atomic E-state index is 12.8. The van der Waals surface area contributed by atoms with Gasteiger partial charge in [0.1, 0.15) is 0 Å². The number of nitrogens with zero attached hydrogens (tertiary/aromatic N) is 3. The van der Waals surface area contributed by atoms with Gasteiger partial charge >= 0.3 is 0 Å². The van der Waals surface area contributed by atoms with Crippen molar-refractivity contribution in [1.82, 2.24) is 9.89 Å². The average Bonchev–Trinajstić information content (AvgIpc) is 3.18. The van der Waals surface area contributed by atoms with Crippen LogP contribution in [-0.4, -0.2) is 23.2 Å². The number of benzene rings is 3. The van der Waals surface area contributed by atoms with Crippen molar-refractivity contribution in [2.75, 3.05) is 4.83 Å². The topological polar surface area (TPSA) is 107 Å². The summed E-state index contributed by atoms with van der Waals surface area (Å²) in [4.78, 5) is 14.1. The zero-order valence-corrected chi connectivity index (χ0v) is 17.4. The van der Waals surface area contributed by atoms with E-state index in [-0.39, 0.29) is 10.6 Å². The van der Waals surface area contributed by atoms with Crippen LogP contribution >= 0.6 is 11.6 Å². The summed E-state index contributed by atoms with van der Waals surface area (Å²) in [6.07, 6.45) is 0. The van der Waals surface area contributed by atoms with E-state index in [0.717, 1.165) is 0 Å². The van der Waals surface area contributed by atoms with Gasteiger partial charge in [-0.25, -0.2) is 0 Å². The molecule has 8 nitrogen and oxygen atoms in total. The number of halogens is 1. The van der Waals surface area contributed by atoms with Crippen LogP contribution in [0.5, 0.6) is 0 Å². The van der Waals surface area contributed by atoms with Crippen LogP contribution in [0, 0.1) is 10.1 Å². The van der Waals surface area contributed by atoms with Gasteiger partial charge in [0.25, 0.3) is 15.7 Å². The highest BCUT2D eigenvalue weighted by Crippen LogP contribution is 2.28. The molecule has 1 aromatic heterocycles. The molecule has 10 heteroatoms. The van der Waals surface area contributed by atoms with Crippen molar-refractivity contribution < 1.29 is 13.3 Å². The van der Waals surface area contributed by atoms with E-state index in [1.807, 2.05) is 0 Å². The third-order valence-electron chi connectivity index (χ3n) is 4.48. The molecule has 1 N–H and O–H groups in total. The number of sulfonamides is 1. The Kier molecular flexibility index (Phi) is 5.45. The first kappa shape index (κ1) is 20.6. The number of non-ortho nitro benzene ring substituents is 1. The third-order valence-corrected chi connectivity index (χ3v) is 6.04. The molecule has 0 atom stereocenters. The largest absolute Gasteiger partial charge is 0.276 e. The summed E-state index contributed by atoms with van der Waals surface area (Å²) in [5.74, 6) is 0. The van der Waals surface area contributed by atoms with Crippen molar-refractivity contribution in [3.63, 3.8) is 0 Å². The van der Waals surface area contributed by atoms with Crippen molar-refractivity contribution in [2.45, 2.75) is 4.90 Å². The molecule has 0 aliphatic heterocycles. The second-order valence-corrected chi connectivity index (χ2v) is 8.64. The summed E-state index contributed by atoms with van der Waals surface area (Å²) in [5, 5.41) is 15.8. The van der Waals surface area contributed by atoms with E-state index in [1.165, 1.54) is 29.1 Å². The molecular weight excluding hydrogens is 440 g/mol. The first-order valence-corrected chi connectivity index (χ1v) is 10.9. The molecule has 0 unspecified atom stereocenters. The van der Waals surface area contributed by atoms with Gasteiger partial charge in [0, 0.05) is 28.3 Å². The zero-order valence-electron chi connectivity index (χ0n) is 15.8. The van der Waals surface area contributed by atoms with E-state index in [9.17, 15) is 18.5 Å². The molecule has 3 aromatic carbocycles. The summed E-state index contributed by atoms with van der Waals surface area (Å²) in [6, 6.07) is 22.3.